The van der Waals surface area contributed by atoms with Gasteiger partial charge in [-0.25, -0.2) is 9.97 Å². The Morgan fingerprint density at radius 1 is 0.318 bits per heavy atom. The maximum atomic E-state index is 5.43. The molecule has 0 saturated heterocycles. The van der Waals surface area contributed by atoms with Crippen LogP contribution in [-0.4, -0.2) is 39.0 Å². The number of hydrogen-bond acceptors (Lipinski definition) is 8. The molecule has 6 aromatic heterocycles. The molecule has 85 heavy (non-hydrogen) atoms. The van der Waals surface area contributed by atoms with E-state index in [2.05, 4.69) is 216 Å². The van der Waals surface area contributed by atoms with E-state index in [0.29, 0.717) is 35.2 Å². The van der Waals surface area contributed by atoms with Gasteiger partial charge in [0.2, 0.25) is 11.9 Å². The van der Waals surface area contributed by atoms with Gasteiger partial charge in [0.05, 0.1) is 22.1 Å². The number of nitrogens with zero attached hydrogens (tertiary/aromatic N) is 8. The van der Waals surface area contributed by atoms with Crippen LogP contribution in [0.4, 0.5) is 0 Å². The van der Waals surface area contributed by atoms with Gasteiger partial charge in [0, 0.05) is 84.1 Å². The third-order valence-corrected chi connectivity index (χ3v) is 19.3. The molecule has 8 nitrogen and oxygen atoms in total. The van der Waals surface area contributed by atoms with Crippen molar-refractivity contribution in [3.05, 3.63) is 266 Å². The van der Waals surface area contributed by atoms with E-state index >= 15 is 0 Å². The smallest absolute Gasteiger partial charge is 0.238 e. The number of fused-ring (bicyclic) bond motifs is 14. The Balaban J connectivity index is 0.765. The van der Waals surface area contributed by atoms with Gasteiger partial charge in [-0.2, -0.15) is 19.9 Å². The van der Waals surface area contributed by atoms with Crippen LogP contribution in [0.1, 0.15) is 24.0 Å². The predicted octanol–water partition coefficient (Wildman–Crippen LogP) is 19.7. The van der Waals surface area contributed by atoms with Gasteiger partial charge in [0.25, 0.3) is 0 Å². The van der Waals surface area contributed by atoms with Gasteiger partial charge in [-0.05, 0) is 64.9 Å². The molecule has 0 amide bonds. The Morgan fingerprint density at radius 3 is 1.25 bits per heavy atom. The Hall–Kier alpha value is -10.5. The summed E-state index contributed by atoms with van der Waals surface area (Å²) >= 11 is 3.76. The summed E-state index contributed by atoms with van der Waals surface area (Å²) in [7, 11) is 0. The molecule has 11 aromatic carbocycles. The Kier molecular flexibility index (Phi) is 11.5. The van der Waals surface area contributed by atoms with Gasteiger partial charge in [-0.15, -0.1) is 22.7 Å². The van der Waals surface area contributed by atoms with Crippen LogP contribution in [-0.2, 0) is 6.42 Å². The first-order valence-electron chi connectivity index (χ1n) is 28.6. The molecule has 1 unspecified atom stereocenters. The average Bonchev–Trinajstić information content (AvgIpc) is 2.14. The quantitative estimate of drug-likeness (QED) is 0.136. The van der Waals surface area contributed by atoms with E-state index in [1.54, 1.807) is 0 Å². The number of thiophene rings is 2. The van der Waals surface area contributed by atoms with E-state index in [-0.39, 0.29) is 5.92 Å². The van der Waals surface area contributed by atoms with Gasteiger partial charge in [0.1, 0.15) is 0 Å². The Morgan fingerprint density at radius 2 is 0.718 bits per heavy atom. The number of benzene rings is 11. The summed E-state index contributed by atoms with van der Waals surface area (Å²) in [6.45, 7) is 2.36. The molecule has 17 rings (SSSR count). The van der Waals surface area contributed by atoms with Crippen LogP contribution in [0.15, 0.2) is 255 Å². The largest absolute Gasteiger partial charge is 0.278 e. The normalized spacial score (nSPS) is 12.3. The molecule has 0 bridgehead atoms. The van der Waals surface area contributed by atoms with E-state index < -0.39 is 0 Å². The van der Waals surface area contributed by atoms with Crippen molar-refractivity contribution in [2.24, 2.45) is 0 Å². The van der Waals surface area contributed by atoms with E-state index in [1.807, 2.05) is 77.3 Å². The van der Waals surface area contributed by atoms with Crippen molar-refractivity contribution in [1.82, 2.24) is 39.0 Å². The lowest BCUT2D eigenvalue weighted by molar-refractivity contribution is 0.767. The van der Waals surface area contributed by atoms with E-state index in [4.69, 9.17) is 29.9 Å². The predicted molar refractivity (Wildman–Crippen MR) is 353 cm³/mol. The molecular formula is C75H48N8S2. The zero-order valence-corrected chi connectivity index (χ0v) is 47.6. The topological polar surface area (TPSA) is 87.2 Å². The van der Waals surface area contributed by atoms with Crippen LogP contribution in [0.3, 0.4) is 0 Å². The lowest BCUT2D eigenvalue weighted by Crippen LogP contribution is -2.06. The molecule has 17 aromatic rings. The molecule has 10 heteroatoms. The Labute approximate surface area is 496 Å². The molecule has 0 aliphatic carbocycles. The summed E-state index contributed by atoms with van der Waals surface area (Å²) in [5.74, 6) is 3.85. The highest BCUT2D eigenvalue weighted by atomic mass is 32.1. The highest BCUT2D eigenvalue weighted by Crippen LogP contribution is 2.48. The average molecular weight is 1130 g/mol. The SMILES string of the molecule is CC(Cc1cccc(-c2nc(-c3ccccc3)nc(-n3c4ccccc4c4c5sc6c(-c7ccccc7)cccc6c5ccc43)n2)c1)c1cccc2c1sc1c2ccc2c1c1ccccc1n2-c1nc(-c2ccccc2)nc(-c2ccccc2)n1. The van der Waals surface area contributed by atoms with Gasteiger partial charge >= 0.3 is 0 Å². The van der Waals surface area contributed by atoms with Gasteiger partial charge < -0.3 is 0 Å². The summed E-state index contributed by atoms with van der Waals surface area (Å²) in [5, 5.41) is 9.73. The minimum atomic E-state index is 0.183. The number of hydrogen-bond donors (Lipinski definition) is 0. The van der Waals surface area contributed by atoms with E-state index in [9.17, 15) is 0 Å². The molecule has 0 aliphatic rings. The maximum Gasteiger partial charge on any atom is 0.238 e. The minimum Gasteiger partial charge on any atom is -0.278 e. The minimum absolute atomic E-state index is 0.183. The first-order valence-corrected chi connectivity index (χ1v) is 30.3. The van der Waals surface area contributed by atoms with Crippen molar-refractivity contribution < 1.29 is 0 Å². The second-order valence-electron chi connectivity index (χ2n) is 21.8. The highest BCUT2D eigenvalue weighted by Gasteiger charge is 2.25. The first kappa shape index (κ1) is 49.1. The molecule has 400 valence electrons. The summed E-state index contributed by atoms with van der Waals surface area (Å²) in [6.07, 6.45) is 0.816. The van der Waals surface area contributed by atoms with Crippen LogP contribution < -0.4 is 0 Å². The summed E-state index contributed by atoms with van der Waals surface area (Å²) < 4.78 is 9.55. The molecule has 1 atom stereocenters. The van der Waals surface area contributed by atoms with E-state index in [1.165, 1.54) is 73.4 Å². The zero-order valence-electron chi connectivity index (χ0n) is 45.9. The lowest BCUT2D eigenvalue weighted by atomic mass is 9.92. The summed E-state index contributed by atoms with van der Waals surface area (Å²) in [5.41, 5.74) is 12.9. The monoisotopic (exact) mass is 1120 g/mol. The van der Waals surface area contributed by atoms with Gasteiger partial charge in [-0.3, -0.25) is 9.13 Å². The first-order chi connectivity index (χ1) is 42.1. The number of aromatic nitrogens is 8. The van der Waals surface area contributed by atoms with Crippen molar-refractivity contribution in [2.45, 2.75) is 19.3 Å². The van der Waals surface area contributed by atoms with Crippen molar-refractivity contribution in [3.63, 3.8) is 0 Å². The molecule has 0 N–H and O–H groups in total. The molecule has 6 heterocycles. The van der Waals surface area contributed by atoms with Gasteiger partial charge in [0.15, 0.2) is 23.3 Å². The van der Waals surface area contributed by atoms with Gasteiger partial charge in [-0.1, -0.05) is 231 Å². The molecular weight excluding hydrogens is 1080 g/mol. The van der Waals surface area contributed by atoms with Crippen molar-refractivity contribution in [3.8, 4) is 68.6 Å². The fourth-order valence-electron chi connectivity index (χ4n) is 12.8. The fraction of sp³-hybridized carbons (Fsp3) is 0.0400. The standard InChI is InChI=1S/C75H48N8S2/c1-45(52-33-19-35-54-56-39-41-62-64(68(56)84-66(52)54)58-31-14-16-37-60(58)82(62)74-78-70(48-24-8-3-9-25-48)76-71(79-74)49-26-10-4-11-27-49)43-46-21-18-30-51(44-46)73-77-72(50-28-12-5-13-29-50)80-75(81-73)83-61-38-17-15-32-59(61)65-63(83)42-40-57-55-36-20-34-53(67(55)85-69(57)65)47-22-6-2-7-23-47/h2-42,44-45H,43H2,1H3. The number of rotatable bonds is 10. The summed E-state index contributed by atoms with van der Waals surface area (Å²) in [4.78, 5) is 31.5. The highest BCUT2D eigenvalue weighted by molar-refractivity contribution is 7.27. The van der Waals surface area contributed by atoms with Crippen molar-refractivity contribution in [2.75, 3.05) is 0 Å². The van der Waals surface area contributed by atoms with Crippen molar-refractivity contribution in [1.29, 1.82) is 0 Å². The lowest BCUT2D eigenvalue weighted by Gasteiger charge is -2.15. The van der Waals surface area contributed by atoms with E-state index in [0.717, 1.165) is 61.5 Å². The van der Waals surface area contributed by atoms with Crippen LogP contribution >= 0.6 is 22.7 Å². The fourth-order valence-corrected chi connectivity index (χ4v) is 15.7. The Bertz CT molecular complexity index is 5420. The second-order valence-corrected chi connectivity index (χ2v) is 23.9. The van der Waals surface area contributed by atoms with Crippen LogP contribution in [0.25, 0.3) is 153 Å². The van der Waals surface area contributed by atoms with Crippen LogP contribution in [0.2, 0.25) is 0 Å². The van der Waals surface area contributed by atoms with Crippen molar-refractivity contribution >= 4 is 107 Å². The second kappa shape index (κ2) is 19.8. The molecule has 0 spiro atoms. The van der Waals surface area contributed by atoms with Crippen LogP contribution in [0.5, 0.6) is 0 Å². The molecule has 0 saturated carbocycles. The molecule has 0 fully saturated rings. The molecule has 0 radical (unpaired) electrons. The molecule has 0 aliphatic heterocycles. The number of para-hydroxylation sites is 2. The maximum absolute atomic E-state index is 5.43. The summed E-state index contributed by atoms with van der Waals surface area (Å²) in [6, 6.07) is 90.1. The van der Waals surface area contributed by atoms with Crippen LogP contribution in [0, 0.1) is 0 Å². The third-order valence-electron chi connectivity index (χ3n) is 16.7. The third kappa shape index (κ3) is 8.09. The zero-order chi connectivity index (χ0) is 56.1.